The molecule has 0 aliphatic rings. The topological polar surface area (TPSA) is 136 Å². The maximum Gasteiger partial charge on any atom is 0.325 e. The van der Waals surface area contributed by atoms with Crippen LogP contribution in [-0.2, 0) is 11.2 Å². The lowest BCUT2D eigenvalue weighted by Gasteiger charge is -2.12. The molecule has 3 aromatic carbocycles. The third-order valence-electron chi connectivity index (χ3n) is 5.11. The molecule has 0 bridgehead atoms. The van der Waals surface area contributed by atoms with Crippen LogP contribution in [0, 0.1) is 6.92 Å². The van der Waals surface area contributed by atoms with Crippen molar-refractivity contribution in [3.05, 3.63) is 117 Å². The summed E-state index contributed by atoms with van der Waals surface area (Å²) in [5.41, 5.74) is 2.12. The average Bonchev–Trinajstić information content (AvgIpc) is 2.85. The lowest BCUT2D eigenvalue weighted by atomic mass is 10.1. The average molecular weight is 502 g/mol. The molecule has 0 saturated heterocycles. The van der Waals surface area contributed by atoms with Gasteiger partial charge < -0.3 is 20.3 Å². The molecule has 0 saturated carbocycles. The van der Waals surface area contributed by atoms with Crippen LogP contribution in [0.3, 0.4) is 0 Å². The number of nitrogens with one attached hydrogen (secondary N) is 5. The number of H-pyrrole nitrogens is 2. The lowest BCUT2D eigenvalue weighted by molar-refractivity contribution is -0.115. The summed E-state index contributed by atoms with van der Waals surface area (Å²) in [5, 5.41) is 5.58. The quantitative estimate of drug-likeness (QED) is 0.232. The number of hydrogen-bond acceptors (Lipinski definition) is 6. The Morgan fingerprint density at radius 2 is 1.58 bits per heavy atom. The van der Waals surface area contributed by atoms with Crippen molar-refractivity contribution in [2.24, 2.45) is 0 Å². The normalized spacial score (nSPS) is 10.5. The smallest absolute Gasteiger partial charge is 0.325 e. The SMILES string of the molecule is Cc1ccc(C(=O)Nc2ccc(SNc3ccccc3)cc2)cc1NC(=O)Cc1cc(=O)[nH]c(=O)[nH]1. The van der Waals surface area contributed by atoms with Gasteiger partial charge in [-0.15, -0.1) is 0 Å². The second-order valence-corrected chi connectivity index (χ2v) is 8.80. The molecule has 0 unspecified atom stereocenters. The van der Waals surface area contributed by atoms with E-state index in [2.05, 4.69) is 25.3 Å². The van der Waals surface area contributed by atoms with Gasteiger partial charge in [0.1, 0.15) is 0 Å². The van der Waals surface area contributed by atoms with Crippen LogP contribution in [-0.4, -0.2) is 21.8 Å². The summed E-state index contributed by atoms with van der Waals surface area (Å²) in [6.07, 6.45) is -0.196. The minimum atomic E-state index is -0.681. The van der Waals surface area contributed by atoms with Crippen LogP contribution in [0.1, 0.15) is 21.6 Å². The fourth-order valence-corrected chi connectivity index (χ4v) is 3.96. The molecule has 36 heavy (non-hydrogen) atoms. The van der Waals surface area contributed by atoms with Crippen molar-refractivity contribution in [1.29, 1.82) is 0 Å². The molecule has 0 spiro atoms. The lowest BCUT2D eigenvalue weighted by Crippen LogP contribution is -2.25. The summed E-state index contributed by atoms with van der Waals surface area (Å²) in [6.45, 7) is 1.80. The number of hydrogen-bond donors (Lipinski definition) is 5. The van der Waals surface area contributed by atoms with Gasteiger partial charge in [0.25, 0.3) is 11.5 Å². The number of carbonyl (C=O) groups is 2. The Morgan fingerprint density at radius 3 is 2.31 bits per heavy atom. The van der Waals surface area contributed by atoms with Crippen molar-refractivity contribution in [3.8, 4) is 0 Å². The molecule has 9 nitrogen and oxygen atoms in total. The van der Waals surface area contributed by atoms with Crippen LogP contribution in [0.4, 0.5) is 17.1 Å². The first kappa shape index (κ1) is 24.6. The number of para-hydroxylation sites is 1. The molecule has 1 aromatic heterocycles. The molecule has 2 amide bonds. The third kappa shape index (κ3) is 6.73. The Morgan fingerprint density at radius 1 is 0.833 bits per heavy atom. The van der Waals surface area contributed by atoms with Crippen molar-refractivity contribution in [2.75, 3.05) is 15.4 Å². The molecular formula is C26H23N5O4S. The van der Waals surface area contributed by atoms with Gasteiger partial charge in [0.05, 0.1) is 6.42 Å². The van der Waals surface area contributed by atoms with Gasteiger partial charge in [-0.25, -0.2) is 4.79 Å². The van der Waals surface area contributed by atoms with E-state index in [1.165, 1.54) is 11.9 Å². The van der Waals surface area contributed by atoms with E-state index >= 15 is 0 Å². The first-order chi connectivity index (χ1) is 17.4. The van der Waals surface area contributed by atoms with Gasteiger partial charge in [0.15, 0.2) is 0 Å². The Hall–Kier alpha value is -4.57. The zero-order valence-corrected chi connectivity index (χ0v) is 20.1. The van der Waals surface area contributed by atoms with Gasteiger partial charge in [-0.1, -0.05) is 24.3 Å². The minimum absolute atomic E-state index is 0.188. The van der Waals surface area contributed by atoms with Crippen LogP contribution in [0.5, 0.6) is 0 Å². The van der Waals surface area contributed by atoms with Crippen LogP contribution < -0.4 is 26.6 Å². The highest BCUT2D eigenvalue weighted by molar-refractivity contribution is 8.00. The molecule has 0 aliphatic heterocycles. The molecule has 182 valence electrons. The Labute approximate surface area is 210 Å². The Balaban J connectivity index is 1.37. The van der Waals surface area contributed by atoms with Gasteiger partial charge in [0, 0.05) is 39.3 Å². The fourth-order valence-electron chi connectivity index (χ4n) is 3.31. The number of aryl methyl sites for hydroxylation is 1. The number of aromatic amines is 2. The molecular weight excluding hydrogens is 478 g/mol. The monoisotopic (exact) mass is 501 g/mol. The van der Waals surface area contributed by atoms with Gasteiger partial charge in [-0.05, 0) is 73.0 Å². The highest BCUT2D eigenvalue weighted by Gasteiger charge is 2.12. The summed E-state index contributed by atoms with van der Waals surface area (Å²) in [4.78, 5) is 53.5. The van der Waals surface area contributed by atoms with Gasteiger partial charge in [0.2, 0.25) is 5.91 Å². The molecule has 4 rings (SSSR count). The summed E-state index contributed by atoms with van der Waals surface area (Å²) >= 11 is 1.47. The summed E-state index contributed by atoms with van der Waals surface area (Å²) < 4.78 is 3.26. The molecule has 0 fully saturated rings. The number of amides is 2. The van der Waals surface area contributed by atoms with Crippen LogP contribution in [0.25, 0.3) is 0 Å². The van der Waals surface area contributed by atoms with Crippen molar-refractivity contribution in [1.82, 2.24) is 9.97 Å². The number of rotatable bonds is 8. The maximum absolute atomic E-state index is 12.8. The molecule has 4 aromatic rings. The Kier molecular flexibility index (Phi) is 7.66. The van der Waals surface area contributed by atoms with E-state index in [9.17, 15) is 19.2 Å². The van der Waals surface area contributed by atoms with E-state index in [1.807, 2.05) is 54.6 Å². The molecule has 0 atom stereocenters. The highest BCUT2D eigenvalue weighted by atomic mass is 32.2. The molecule has 0 aliphatic carbocycles. The van der Waals surface area contributed by atoms with E-state index in [4.69, 9.17) is 0 Å². The Bertz CT molecular complexity index is 1470. The van der Waals surface area contributed by atoms with E-state index in [0.29, 0.717) is 16.9 Å². The first-order valence-corrected chi connectivity index (χ1v) is 11.8. The molecule has 0 radical (unpaired) electrons. The minimum Gasteiger partial charge on any atom is -0.326 e. The largest absolute Gasteiger partial charge is 0.326 e. The van der Waals surface area contributed by atoms with Gasteiger partial charge in [-0.2, -0.15) is 0 Å². The first-order valence-electron chi connectivity index (χ1n) is 11.0. The van der Waals surface area contributed by atoms with Crippen LogP contribution in [0.2, 0.25) is 0 Å². The zero-order valence-electron chi connectivity index (χ0n) is 19.3. The van der Waals surface area contributed by atoms with E-state index in [0.717, 1.165) is 22.2 Å². The third-order valence-corrected chi connectivity index (χ3v) is 5.96. The van der Waals surface area contributed by atoms with Crippen molar-refractivity contribution in [3.63, 3.8) is 0 Å². The highest BCUT2D eigenvalue weighted by Crippen LogP contribution is 2.23. The van der Waals surface area contributed by atoms with Crippen LogP contribution >= 0.6 is 11.9 Å². The zero-order chi connectivity index (χ0) is 25.5. The molecule has 5 N–H and O–H groups in total. The van der Waals surface area contributed by atoms with Crippen molar-refractivity contribution in [2.45, 2.75) is 18.2 Å². The summed E-state index contributed by atoms with van der Waals surface area (Å²) in [5.74, 6) is -0.763. The number of carbonyl (C=O) groups excluding carboxylic acids is 2. The molecule has 1 heterocycles. The summed E-state index contributed by atoms with van der Waals surface area (Å²) in [7, 11) is 0. The van der Waals surface area contributed by atoms with Crippen molar-refractivity contribution >= 4 is 40.8 Å². The van der Waals surface area contributed by atoms with Crippen LogP contribution in [0.15, 0.2) is 93.3 Å². The van der Waals surface area contributed by atoms with Crippen molar-refractivity contribution < 1.29 is 9.59 Å². The number of benzene rings is 3. The standard InChI is InChI=1S/C26H23N5O4S/c1-16-7-8-17(13-22(16)29-23(32)14-20-15-24(33)30-26(35)28-20)25(34)27-18-9-11-21(12-10-18)36-31-19-5-3-2-4-6-19/h2-13,15,31H,14H2,1H3,(H,27,34)(H,29,32)(H2,28,30,33,35). The summed E-state index contributed by atoms with van der Waals surface area (Å²) in [6, 6.07) is 23.4. The van der Waals surface area contributed by atoms with E-state index in [1.54, 1.807) is 25.1 Å². The maximum atomic E-state index is 12.8. The van der Waals surface area contributed by atoms with Gasteiger partial charge >= 0.3 is 5.69 Å². The number of aromatic nitrogens is 2. The second kappa shape index (κ2) is 11.2. The fraction of sp³-hybridized carbons (Fsp3) is 0.0769. The predicted octanol–water partition coefficient (Wildman–Crippen LogP) is 3.92. The predicted molar refractivity (Wildman–Crippen MR) is 142 cm³/mol. The van der Waals surface area contributed by atoms with Gasteiger partial charge in [-0.3, -0.25) is 19.4 Å². The second-order valence-electron chi connectivity index (χ2n) is 7.92. The van der Waals surface area contributed by atoms with E-state index < -0.39 is 17.2 Å². The molecule has 10 heteroatoms. The number of anilines is 3. The van der Waals surface area contributed by atoms with E-state index in [-0.39, 0.29) is 18.0 Å².